The molecule has 0 aliphatic carbocycles. The quantitative estimate of drug-likeness (QED) is 0.161. The van der Waals surface area contributed by atoms with Crippen LogP contribution in [0.4, 0.5) is 22.7 Å². The number of nitrogens with zero attached hydrogens (tertiary/aromatic N) is 4. The van der Waals surface area contributed by atoms with E-state index in [9.17, 15) is 1.37 Å². The molecule has 9 aromatic rings. The number of para-hydroxylation sites is 3. The number of pyridine rings is 1. The van der Waals surface area contributed by atoms with Crippen LogP contribution in [0.2, 0.25) is 0 Å². The maximum Gasteiger partial charge on any atom is 0.137 e. The third kappa shape index (κ3) is 7.00. The van der Waals surface area contributed by atoms with Gasteiger partial charge >= 0.3 is 0 Å². The first-order chi connectivity index (χ1) is 30.8. The third-order valence-electron chi connectivity index (χ3n) is 11.7. The van der Waals surface area contributed by atoms with Gasteiger partial charge in [-0.05, 0) is 93.7 Å². The Bertz CT molecular complexity index is 3180. The zero-order valence-electron chi connectivity index (χ0n) is 38.5. The number of aromatic nitrogens is 2. The van der Waals surface area contributed by atoms with Gasteiger partial charge < -0.3 is 14.5 Å². The highest BCUT2D eigenvalue weighted by atomic mass is 16.5. The van der Waals surface area contributed by atoms with Gasteiger partial charge in [-0.15, -0.1) is 0 Å². The van der Waals surface area contributed by atoms with E-state index in [2.05, 4.69) is 175 Å². The van der Waals surface area contributed by atoms with E-state index in [1.54, 1.807) is 0 Å². The van der Waals surface area contributed by atoms with Crippen molar-refractivity contribution in [1.82, 2.24) is 9.55 Å². The minimum absolute atomic E-state index is 0.0123. The van der Waals surface area contributed by atoms with Crippen LogP contribution in [-0.2, 0) is 10.8 Å². The molecule has 0 atom stereocenters. The van der Waals surface area contributed by atoms with Gasteiger partial charge in [-0.2, -0.15) is 0 Å². The molecule has 1 aliphatic heterocycles. The van der Waals surface area contributed by atoms with Crippen LogP contribution in [0.3, 0.4) is 0 Å². The smallest absolute Gasteiger partial charge is 0.137 e. The van der Waals surface area contributed by atoms with Crippen LogP contribution in [0.15, 0.2) is 182 Å². The predicted molar refractivity (Wildman–Crippen MR) is 255 cm³/mol. The largest absolute Gasteiger partial charge is 0.457 e. The monoisotopic (exact) mass is 797 g/mol. The summed E-state index contributed by atoms with van der Waals surface area (Å²) in [6.07, 6.45) is -0.150. The molecule has 2 aromatic heterocycles. The highest BCUT2D eigenvalue weighted by Crippen LogP contribution is 2.50. The molecule has 1 aliphatic rings. The first-order valence-electron chi connectivity index (χ1n) is 22.5. The molecule has 0 bridgehead atoms. The van der Waals surface area contributed by atoms with Crippen LogP contribution >= 0.6 is 0 Å². The van der Waals surface area contributed by atoms with Crippen molar-refractivity contribution >= 4 is 44.6 Å². The molecule has 0 N–H and O–H groups in total. The van der Waals surface area contributed by atoms with Crippen LogP contribution in [0.5, 0.6) is 11.5 Å². The normalized spacial score (nSPS) is 13.6. The third-order valence-corrected chi connectivity index (χ3v) is 11.7. The van der Waals surface area contributed by atoms with Crippen molar-refractivity contribution in [3.05, 3.63) is 193 Å². The standard InChI is InChI=1S/C56H50N4O/c1-55(2,3)40-27-30-49-48(33-40)47-29-28-44(36-52(47)60(49)53-34-41(31-32-57-53)56(4,5)6)61-43-22-15-21-42(35-43)58-37-59(51-26-14-13-25-50(51)58)54-45(38-17-9-7-10-18-38)23-16-24-46(54)39-19-11-8-12-20-39/h7-36H,37H2,1-6H3/i31D,32D,34D. The van der Waals surface area contributed by atoms with E-state index in [4.69, 9.17) is 7.48 Å². The summed E-state index contributed by atoms with van der Waals surface area (Å²) < 4.78 is 35.7. The Morgan fingerprint density at radius 3 is 1.84 bits per heavy atom. The lowest BCUT2D eigenvalue weighted by molar-refractivity contribution is 0.483. The van der Waals surface area contributed by atoms with Crippen LogP contribution in [-0.4, -0.2) is 16.2 Å². The lowest BCUT2D eigenvalue weighted by Gasteiger charge is -2.27. The van der Waals surface area contributed by atoms with Crippen molar-refractivity contribution in [2.75, 3.05) is 16.5 Å². The molecule has 5 heteroatoms. The van der Waals surface area contributed by atoms with Crippen molar-refractivity contribution in [3.8, 4) is 39.6 Å². The second-order valence-electron chi connectivity index (χ2n) is 17.9. The number of ether oxygens (including phenoxy) is 1. The van der Waals surface area contributed by atoms with Crippen molar-refractivity contribution < 1.29 is 8.85 Å². The molecule has 0 spiro atoms. The first-order valence-corrected chi connectivity index (χ1v) is 21.0. The number of hydrogen-bond acceptors (Lipinski definition) is 4. The summed E-state index contributed by atoms with van der Waals surface area (Å²) in [4.78, 5) is 9.40. The molecule has 7 aromatic carbocycles. The molecule has 0 amide bonds. The molecule has 3 heterocycles. The van der Waals surface area contributed by atoms with E-state index in [-0.39, 0.29) is 23.7 Å². The van der Waals surface area contributed by atoms with Gasteiger partial charge in [0, 0.05) is 45.9 Å². The lowest BCUT2D eigenvalue weighted by atomic mass is 9.86. The molecule has 61 heavy (non-hydrogen) atoms. The molecule has 0 saturated carbocycles. The summed E-state index contributed by atoms with van der Waals surface area (Å²) in [5.41, 5.74) is 11.7. The van der Waals surface area contributed by atoms with E-state index in [0.717, 1.165) is 66.8 Å². The zero-order chi connectivity index (χ0) is 44.5. The molecule has 10 rings (SSSR count). The fraction of sp³-hybridized carbons (Fsp3) is 0.161. The average molecular weight is 798 g/mol. The Kier molecular flexibility index (Phi) is 8.46. The van der Waals surface area contributed by atoms with E-state index < -0.39 is 5.41 Å². The van der Waals surface area contributed by atoms with Gasteiger partial charge in [0.1, 0.15) is 24.0 Å². The van der Waals surface area contributed by atoms with Gasteiger partial charge in [-0.1, -0.05) is 145 Å². The molecule has 0 unspecified atom stereocenters. The Hall–Kier alpha value is -7.11. The van der Waals surface area contributed by atoms with Gasteiger partial charge in [-0.25, -0.2) is 4.98 Å². The second-order valence-corrected chi connectivity index (χ2v) is 17.9. The van der Waals surface area contributed by atoms with Gasteiger partial charge in [0.25, 0.3) is 0 Å². The van der Waals surface area contributed by atoms with E-state index in [1.807, 2.05) is 49.6 Å². The Morgan fingerprint density at radius 2 is 1.16 bits per heavy atom. The van der Waals surface area contributed by atoms with Gasteiger partial charge in [0.05, 0.1) is 32.2 Å². The predicted octanol–water partition coefficient (Wildman–Crippen LogP) is 15.1. The number of anilines is 4. The summed E-state index contributed by atoms with van der Waals surface area (Å²) in [5, 5.41) is 2.01. The summed E-state index contributed by atoms with van der Waals surface area (Å²) in [5.74, 6) is 1.64. The highest BCUT2D eigenvalue weighted by Gasteiger charge is 2.31. The minimum Gasteiger partial charge on any atom is -0.457 e. The molecule has 0 radical (unpaired) electrons. The van der Waals surface area contributed by atoms with Crippen LogP contribution in [0, 0.1) is 0 Å². The van der Waals surface area contributed by atoms with Crippen LogP contribution in [0.25, 0.3) is 49.9 Å². The van der Waals surface area contributed by atoms with Crippen molar-refractivity contribution in [2.24, 2.45) is 0 Å². The Balaban J connectivity index is 1.07. The molecular weight excluding hydrogens is 745 g/mol. The molecule has 300 valence electrons. The lowest BCUT2D eigenvalue weighted by Crippen LogP contribution is -2.24. The molecule has 0 saturated heterocycles. The summed E-state index contributed by atoms with van der Waals surface area (Å²) >= 11 is 0. The van der Waals surface area contributed by atoms with E-state index in [0.29, 0.717) is 29.5 Å². The van der Waals surface area contributed by atoms with Gasteiger partial charge in [0.15, 0.2) is 0 Å². The van der Waals surface area contributed by atoms with E-state index in [1.165, 1.54) is 5.56 Å². The van der Waals surface area contributed by atoms with E-state index >= 15 is 0 Å². The van der Waals surface area contributed by atoms with Gasteiger partial charge in [-0.3, -0.25) is 4.57 Å². The summed E-state index contributed by atoms with van der Waals surface area (Å²) in [6, 6.07) is 57.3. The number of benzene rings is 7. The highest BCUT2D eigenvalue weighted by molar-refractivity contribution is 6.10. The molecular formula is C56H50N4O. The molecule has 0 fully saturated rings. The average Bonchev–Trinajstić information content (AvgIpc) is 3.83. The van der Waals surface area contributed by atoms with Crippen molar-refractivity contribution in [2.45, 2.75) is 52.4 Å². The van der Waals surface area contributed by atoms with Crippen molar-refractivity contribution in [1.29, 1.82) is 0 Å². The number of hydrogen-bond donors (Lipinski definition) is 0. The second kappa shape index (κ2) is 14.9. The number of rotatable bonds is 7. The first kappa shape index (κ1) is 34.7. The zero-order valence-corrected chi connectivity index (χ0v) is 35.5. The fourth-order valence-electron chi connectivity index (χ4n) is 8.56. The number of fused-ring (bicyclic) bond motifs is 4. The van der Waals surface area contributed by atoms with Crippen LogP contribution in [0.1, 0.15) is 56.8 Å². The summed E-state index contributed by atoms with van der Waals surface area (Å²) in [7, 11) is 0. The topological polar surface area (TPSA) is 33.5 Å². The Morgan fingerprint density at radius 1 is 0.541 bits per heavy atom. The minimum atomic E-state index is -0.540. The summed E-state index contributed by atoms with van der Waals surface area (Å²) in [6.45, 7) is 13.1. The fourth-order valence-corrected chi connectivity index (χ4v) is 8.56. The van der Waals surface area contributed by atoms with Crippen molar-refractivity contribution in [3.63, 3.8) is 0 Å². The maximum absolute atomic E-state index is 9.45. The Labute approximate surface area is 363 Å². The molecule has 5 nitrogen and oxygen atoms in total. The SMILES string of the molecule is [2H]c1nc(-n2c3ccc(C(C)(C)C)cc3c3ccc(Oc4cccc(N5CN(c6c(-c7ccccc7)cccc6-c6ccccc6)c6ccccc65)c4)cc32)c([2H])c(C(C)(C)C)c1[2H]. The van der Waals surface area contributed by atoms with Crippen LogP contribution < -0.4 is 14.5 Å². The van der Waals surface area contributed by atoms with Gasteiger partial charge in [0.2, 0.25) is 0 Å². The maximum atomic E-state index is 9.45.